The molecular weight excluding hydrogens is 188 g/mol. The summed E-state index contributed by atoms with van der Waals surface area (Å²) in [4.78, 5) is 11.4. The lowest BCUT2D eigenvalue weighted by Crippen LogP contribution is -2.06. The molecule has 0 radical (unpaired) electrons. The lowest BCUT2D eigenvalue weighted by Gasteiger charge is -2.08. The molecule has 0 spiro atoms. The van der Waals surface area contributed by atoms with E-state index >= 15 is 0 Å². The van der Waals surface area contributed by atoms with Crippen molar-refractivity contribution in [3.8, 4) is 0 Å². The summed E-state index contributed by atoms with van der Waals surface area (Å²) in [6.45, 7) is 5.00. The molecule has 0 aromatic rings. The zero-order chi connectivity index (χ0) is 11.1. The molecule has 0 saturated heterocycles. The molecule has 88 valence electrons. The average molecular weight is 212 g/mol. The van der Waals surface area contributed by atoms with Gasteiger partial charge in [0, 0.05) is 18.9 Å². The van der Waals surface area contributed by atoms with Crippen molar-refractivity contribution >= 4 is 5.78 Å². The van der Waals surface area contributed by atoms with Crippen LogP contribution in [0.5, 0.6) is 0 Å². The number of hydrogen-bond donors (Lipinski definition) is 0. The Labute approximate surface area is 93.4 Å². The van der Waals surface area contributed by atoms with Gasteiger partial charge >= 0.3 is 0 Å². The third-order valence-corrected chi connectivity index (χ3v) is 3.08. The van der Waals surface area contributed by atoms with Crippen molar-refractivity contribution in [2.45, 2.75) is 64.9 Å². The highest BCUT2D eigenvalue weighted by molar-refractivity contribution is 5.82. The van der Waals surface area contributed by atoms with Crippen LogP contribution in [0.2, 0.25) is 0 Å². The molecule has 1 fully saturated rings. The van der Waals surface area contributed by atoms with E-state index in [4.69, 9.17) is 4.74 Å². The van der Waals surface area contributed by atoms with E-state index in [1.807, 2.05) is 0 Å². The second-order valence-corrected chi connectivity index (χ2v) is 4.82. The molecule has 15 heavy (non-hydrogen) atoms. The Balaban J connectivity index is 1.90. The summed E-state index contributed by atoms with van der Waals surface area (Å²) in [6, 6.07) is 0. The Bertz CT molecular complexity index is 187. The minimum Gasteiger partial charge on any atom is -0.379 e. The Hall–Kier alpha value is -0.370. The number of carbonyl (C=O) groups excluding carboxylic acids is 1. The maximum absolute atomic E-state index is 11.4. The molecule has 1 atom stereocenters. The van der Waals surface area contributed by atoms with Crippen LogP contribution in [0.1, 0.15) is 58.8 Å². The van der Waals surface area contributed by atoms with Crippen LogP contribution < -0.4 is 0 Å². The van der Waals surface area contributed by atoms with Crippen molar-refractivity contribution < 1.29 is 9.53 Å². The van der Waals surface area contributed by atoms with Crippen molar-refractivity contribution in [1.29, 1.82) is 0 Å². The molecule has 2 nitrogen and oxygen atoms in total. The van der Waals surface area contributed by atoms with Gasteiger partial charge in [-0.25, -0.2) is 0 Å². The standard InChI is InChI=1S/C13H24O2/c1-11(2)15-10-5-3-4-7-12-8-6-9-13(12)14/h11-12H,3-10H2,1-2H3. The first-order valence-electron chi connectivity index (χ1n) is 6.34. The van der Waals surface area contributed by atoms with Crippen LogP contribution in [-0.2, 0) is 9.53 Å². The molecule has 1 aliphatic carbocycles. The van der Waals surface area contributed by atoms with E-state index in [2.05, 4.69) is 13.8 Å². The lowest BCUT2D eigenvalue weighted by molar-refractivity contribution is -0.120. The van der Waals surface area contributed by atoms with Gasteiger partial charge in [0.2, 0.25) is 0 Å². The molecule has 0 aliphatic heterocycles. The number of ketones is 1. The maximum atomic E-state index is 11.4. The molecule has 0 amide bonds. The summed E-state index contributed by atoms with van der Waals surface area (Å²) in [7, 11) is 0. The van der Waals surface area contributed by atoms with E-state index in [1.165, 1.54) is 12.8 Å². The molecule has 0 N–H and O–H groups in total. The van der Waals surface area contributed by atoms with Crippen LogP contribution in [0.15, 0.2) is 0 Å². The van der Waals surface area contributed by atoms with Gasteiger partial charge < -0.3 is 4.74 Å². The largest absolute Gasteiger partial charge is 0.379 e. The van der Waals surface area contributed by atoms with Crippen molar-refractivity contribution in [1.82, 2.24) is 0 Å². The monoisotopic (exact) mass is 212 g/mol. The molecule has 1 saturated carbocycles. The molecule has 0 aromatic heterocycles. The van der Waals surface area contributed by atoms with E-state index in [-0.39, 0.29) is 0 Å². The summed E-state index contributed by atoms with van der Waals surface area (Å²) in [6.07, 6.45) is 8.09. The summed E-state index contributed by atoms with van der Waals surface area (Å²) < 4.78 is 5.47. The lowest BCUT2D eigenvalue weighted by atomic mass is 9.99. The van der Waals surface area contributed by atoms with Crippen LogP contribution in [-0.4, -0.2) is 18.5 Å². The van der Waals surface area contributed by atoms with Gasteiger partial charge in [0.25, 0.3) is 0 Å². The smallest absolute Gasteiger partial charge is 0.135 e. The zero-order valence-electron chi connectivity index (χ0n) is 10.1. The molecule has 1 rings (SSSR count). The summed E-state index contributed by atoms with van der Waals surface area (Å²) in [5.74, 6) is 0.907. The molecule has 1 aliphatic rings. The van der Waals surface area contributed by atoms with E-state index in [9.17, 15) is 4.79 Å². The third-order valence-electron chi connectivity index (χ3n) is 3.08. The Morgan fingerprint density at radius 2 is 2.13 bits per heavy atom. The SMILES string of the molecule is CC(C)OCCCCCC1CCCC1=O. The minimum atomic E-state index is 0.349. The molecule has 0 heterocycles. The molecule has 1 unspecified atom stereocenters. The second kappa shape index (κ2) is 7.00. The van der Waals surface area contributed by atoms with Gasteiger partial charge in [-0.15, -0.1) is 0 Å². The van der Waals surface area contributed by atoms with Crippen LogP contribution in [0.25, 0.3) is 0 Å². The summed E-state index contributed by atoms with van der Waals surface area (Å²) >= 11 is 0. The minimum absolute atomic E-state index is 0.349. The fourth-order valence-electron chi connectivity index (χ4n) is 2.18. The molecule has 0 aromatic carbocycles. The van der Waals surface area contributed by atoms with Crippen LogP contribution in [0.3, 0.4) is 0 Å². The van der Waals surface area contributed by atoms with Gasteiger partial charge in [-0.2, -0.15) is 0 Å². The fourth-order valence-corrected chi connectivity index (χ4v) is 2.18. The quantitative estimate of drug-likeness (QED) is 0.605. The summed E-state index contributed by atoms with van der Waals surface area (Å²) in [5, 5.41) is 0. The Morgan fingerprint density at radius 1 is 1.33 bits per heavy atom. The van der Waals surface area contributed by atoms with Gasteiger partial charge in [0.05, 0.1) is 6.10 Å². The predicted octanol–water partition coefficient (Wildman–Crippen LogP) is 3.34. The number of rotatable bonds is 7. The van der Waals surface area contributed by atoms with Crippen LogP contribution >= 0.6 is 0 Å². The molecular formula is C13H24O2. The molecule has 2 heteroatoms. The van der Waals surface area contributed by atoms with Crippen LogP contribution in [0.4, 0.5) is 0 Å². The zero-order valence-corrected chi connectivity index (χ0v) is 10.1. The Morgan fingerprint density at radius 3 is 2.73 bits per heavy atom. The topological polar surface area (TPSA) is 26.3 Å². The van der Waals surface area contributed by atoms with Crippen molar-refractivity contribution in [2.75, 3.05) is 6.61 Å². The first kappa shape index (κ1) is 12.7. The molecule has 0 bridgehead atoms. The first-order chi connectivity index (χ1) is 7.20. The fraction of sp³-hybridized carbons (Fsp3) is 0.923. The average Bonchev–Trinajstić information content (AvgIpc) is 2.57. The Kier molecular flexibility index (Phi) is 5.92. The van der Waals surface area contributed by atoms with E-state index in [0.717, 1.165) is 38.7 Å². The third kappa shape index (κ3) is 5.31. The van der Waals surface area contributed by atoms with Gasteiger partial charge in [0.15, 0.2) is 0 Å². The van der Waals surface area contributed by atoms with Crippen molar-refractivity contribution in [2.24, 2.45) is 5.92 Å². The predicted molar refractivity (Wildman–Crippen MR) is 61.9 cm³/mol. The van der Waals surface area contributed by atoms with Crippen molar-refractivity contribution in [3.05, 3.63) is 0 Å². The first-order valence-corrected chi connectivity index (χ1v) is 6.34. The number of Topliss-reactive ketones (excluding diaryl/α,β-unsaturated/α-hetero) is 1. The van der Waals surface area contributed by atoms with E-state index in [1.54, 1.807) is 0 Å². The highest BCUT2D eigenvalue weighted by Crippen LogP contribution is 2.26. The van der Waals surface area contributed by atoms with Gasteiger partial charge in [-0.1, -0.05) is 12.8 Å². The highest BCUT2D eigenvalue weighted by Gasteiger charge is 2.23. The van der Waals surface area contributed by atoms with Gasteiger partial charge in [-0.05, 0) is 39.5 Å². The highest BCUT2D eigenvalue weighted by atomic mass is 16.5. The normalized spacial score (nSPS) is 21.5. The summed E-state index contributed by atoms with van der Waals surface area (Å²) in [5.41, 5.74) is 0. The van der Waals surface area contributed by atoms with E-state index in [0.29, 0.717) is 17.8 Å². The number of unbranched alkanes of at least 4 members (excludes halogenated alkanes) is 2. The van der Waals surface area contributed by atoms with E-state index < -0.39 is 0 Å². The van der Waals surface area contributed by atoms with Gasteiger partial charge in [0.1, 0.15) is 5.78 Å². The van der Waals surface area contributed by atoms with Crippen LogP contribution in [0, 0.1) is 5.92 Å². The second-order valence-electron chi connectivity index (χ2n) is 4.82. The van der Waals surface area contributed by atoms with Gasteiger partial charge in [-0.3, -0.25) is 4.79 Å². The number of carbonyl (C=O) groups is 1. The van der Waals surface area contributed by atoms with Crippen molar-refractivity contribution in [3.63, 3.8) is 0 Å². The maximum Gasteiger partial charge on any atom is 0.135 e. The number of hydrogen-bond acceptors (Lipinski definition) is 2. The number of ether oxygens (including phenoxy) is 1.